The molecule has 320 valence electrons. The van der Waals surface area contributed by atoms with Crippen molar-refractivity contribution in [1.82, 2.24) is 0 Å². The van der Waals surface area contributed by atoms with Crippen LogP contribution in [0.4, 0.5) is 17.1 Å². The highest BCUT2D eigenvalue weighted by Gasteiger charge is 2.64. The predicted octanol–water partition coefficient (Wildman–Crippen LogP) is 16.8. The largest absolute Gasteiger partial charge is 0.456 e. The van der Waals surface area contributed by atoms with Crippen LogP contribution in [-0.2, 0) is 10.8 Å². The Labute approximate surface area is 392 Å². The highest BCUT2D eigenvalue weighted by Crippen LogP contribution is 2.71. The zero-order valence-corrected chi connectivity index (χ0v) is 37.4. The van der Waals surface area contributed by atoms with Crippen LogP contribution >= 0.6 is 0 Å². The zero-order chi connectivity index (χ0) is 43.8. The Morgan fingerprint density at radius 2 is 0.836 bits per heavy atom. The number of furan rings is 1. The van der Waals surface area contributed by atoms with Crippen LogP contribution in [0.1, 0.15) is 65.5 Å². The molecule has 4 bridgehead atoms. The maximum atomic E-state index is 6.35. The van der Waals surface area contributed by atoms with Gasteiger partial charge in [-0.05, 0) is 177 Å². The van der Waals surface area contributed by atoms with Crippen molar-refractivity contribution in [3.63, 3.8) is 0 Å². The van der Waals surface area contributed by atoms with Crippen LogP contribution in [0, 0.1) is 23.7 Å². The molecule has 16 rings (SSSR count). The zero-order valence-electron chi connectivity index (χ0n) is 37.4. The van der Waals surface area contributed by atoms with Gasteiger partial charge in [-0.25, -0.2) is 0 Å². The minimum absolute atomic E-state index is 0.0135. The van der Waals surface area contributed by atoms with E-state index in [1.165, 1.54) is 82.3 Å². The van der Waals surface area contributed by atoms with Crippen molar-refractivity contribution in [2.24, 2.45) is 23.7 Å². The van der Waals surface area contributed by atoms with Gasteiger partial charge in [0.05, 0.1) is 5.41 Å². The molecular weight excluding hydrogens is 811 g/mol. The smallest absolute Gasteiger partial charge is 0.136 e. The Kier molecular flexibility index (Phi) is 7.92. The third-order valence-electron chi connectivity index (χ3n) is 17.3. The summed E-state index contributed by atoms with van der Waals surface area (Å²) < 4.78 is 6.35. The molecule has 2 heteroatoms. The van der Waals surface area contributed by atoms with Crippen LogP contribution in [-0.4, -0.2) is 0 Å². The molecule has 10 aromatic rings. The quantitative estimate of drug-likeness (QED) is 0.171. The van der Waals surface area contributed by atoms with Gasteiger partial charge in [0.25, 0.3) is 0 Å². The summed E-state index contributed by atoms with van der Waals surface area (Å²) in [5, 5.41) is 2.30. The van der Waals surface area contributed by atoms with Gasteiger partial charge >= 0.3 is 0 Å². The summed E-state index contributed by atoms with van der Waals surface area (Å²) in [7, 11) is 0. The molecule has 1 heterocycles. The highest BCUT2D eigenvalue weighted by atomic mass is 16.3. The van der Waals surface area contributed by atoms with Gasteiger partial charge < -0.3 is 9.32 Å². The van der Waals surface area contributed by atoms with Crippen LogP contribution in [0.25, 0.3) is 55.3 Å². The normalized spacial score (nSPS) is 22.2. The van der Waals surface area contributed by atoms with Gasteiger partial charge in [0.2, 0.25) is 0 Å². The maximum Gasteiger partial charge on any atom is 0.136 e. The monoisotopic (exact) mass is 859 g/mol. The molecular formula is C65H49NO. The van der Waals surface area contributed by atoms with E-state index in [4.69, 9.17) is 4.42 Å². The van der Waals surface area contributed by atoms with E-state index < -0.39 is 5.41 Å². The molecule has 6 aliphatic rings. The summed E-state index contributed by atoms with van der Waals surface area (Å²) in [4.78, 5) is 2.51. The van der Waals surface area contributed by atoms with Gasteiger partial charge in [-0.1, -0.05) is 158 Å². The second-order valence-electron chi connectivity index (χ2n) is 20.4. The molecule has 2 spiro atoms. The van der Waals surface area contributed by atoms with E-state index in [1.807, 2.05) is 6.07 Å². The number of fused-ring (bicyclic) bond motifs is 12. The van der Waals surface area contributed by atoms with E-state index in [0.717, 1.165) is 56.3 Å². The molecule has 4 fully saturated rings. The standard InChI is InChI=1S/C65H49NO/c1-2-12-43(13-3-1)44-22-27-49(28-23-44)66(50-29-24-45(25-30-50)46-26-32-55-54-16-6-11-21-62(54)67-63(55)39-46)51-31-33-60-61(40-51)65(56-17-7-4-14-52(56)53-15-5-8-18-57(53)65)59-20-10-9-19-58(59)64(60)47-35-41-34-42(37-47)38-48(64)36-41/h1-33,39-42,47-48H,34-38H2. The minimum atomic E-state index is -0.461. The first kappa shape index (κ1) is 37.8. The van der Waals surface area contributed by atoms with E-state index in [-0.39, 0.29) is 5.41 Å². The molecule has 0 aliphatic heterocycles. The summed E-state index contributed by atoms with van der Waals surface area (Å²) >= 11 is 0. The first-order valence-electron chi connectivity index (χ1n) is 24.6. The topological polar surface area (TPSA) is 16.4 Å². The molecule has 0 amide bonds. The lowest BCUT2D eigenvalue weighted by Crippen LogP contribution is -2.59. The summed E-state index contributed by atoms with van der Waals surface area (Å²) in [6.45, 7) is 0. The fraction of sp³-hybridized carbons (Fsp3) is 0.169. The molecule has 1 aromatic heterocycles. The lowest BCUT2D eigenvalue weighted by Gasteiger charge is -2.65. The SMILES string of the molecule is c1ccc(-c2ccc(N(c3ccc(-c4ccc5c(c4)oc4ccccc45)cc3)c3ccc4c(c3)C3(c5ccccc5-c5ccccc53)c3ccccc3C43C4CC5CC(C4)CC3C5)cc2)cc1. The van der Waals surface area contributed by atoms with Crippen molar-refractivity contribution in [3.05, 3.63) is 246 Å². The second-order valence-corrected chi connectivity index (χ2v) is 20.4. The molecule has 0 saturated heterocycles. The Hall–Kier alpha value is -7.42. The van der Waals surface area contributed by atoms with Gasteiger partial charge in [0, 0.05) is 33.2 Å². The van der Waals surface area contributed by atoms with Crippen molar-refractivity contribution >= 4 is 39.0 Å². The Morgan fingerprint density at radius 1 is 0.343 bits per heavy atom. The molecule has 4 saturated carbocycles. The third kappa shape index (κ3) is 5.16. The summed E-state index contributed by atoms with van der Waals surface area (Å²) in [5.74, 6) is 3.02. The van der Waals surface area contributed by atoms with Gasteiger partial charge in [-0.2, -0.15) is 0 Å². The highest BCUT2D eigenvalue weighted by molar-refractivity contribution is 6.06. The summed E-state index contributed by atoms with van der Waals surface area (Å²) in [5.41, 5.74) is 21.2. The summed E-state index contributed by atoms with van der Waals surface area (Å²) in [6.07, 6.45) is 6.82. The van der Waals surface area contributed by atoms with Crippen LogP contribution in [0.3, 0.4) is 0 Å². The van der Waals surface area contributed by atoms with Crippen molar-refractivity contribution in [1.29, 1.82) is 0 Å². The predicted molar refractivity (Wildman–Crippen MR) is 274 cm³/mol. The fourth-order valence-corrected chi connectivity index (χ4v) is 15.0. The van der Waals surface area contributed by atoms with Gasteiger partial charge in [0.15, 0.2) is 0 Å². The Morgan fingerprint density at radius 3 is 1.51 bits per heavy atom. The van der Waals surface area contributed by atoms with Crippen molar-refractivity contribution in [2.75, 3.05) is 4.90 Å². The van der Waals surface area contributed by atoms with Crippen LogP contribution in [0.2, 0.25) is 0 Å². The van der Waals surface area contributed by atoms with E-state index in [2.05, 4.69) is 211 Å². The molecule has 2 nitrogen and oxygen atoms in total. The molecule has 0 unspecified atom stereocenters. The number of nitrogens with zero attached hydrogens (tertiary/aromatic N) is 1. The fourth-order valence-electron chi connectivity index (χ4n) is 15.0. The van der Waals surface area contributed by atoms with Crippen molar-refractivity contribution in [2.45, 2.75) is 42.9 Å². The van der Waals surface area contributed by atoms with E-state index in [1.54, 1.807) is 11.1 Å². The maximum absolute atomic E-state index is 6.35. The molecule has 0 atom stereocenters. The number of hydrogen-bond donors (Lipinski definition) is 0. The van der Waals surface area contributed by atoms with Gasteiger partial charge in [-0.3, -0.25) is 0 Å². The van der Waals surface area contributed by atoms with Crippen LogP contribution in [0.15, 0.2) is 217 Å². The Balaban J connectivity index is 0.956. The van der Waals surface area contributed by atoms with Crippen LogP contribution < -0.4 is 4.90 Å². The number of anilines is 3. The van der Waals surface area contributed by atoms with Crippen molar-refractivity contribution < 1.29 is 4.42 Å². The first-order chi connectivity index (χ1) is 33.2. The number of benzene rings is 9. The molecule has 0 N–H and O–H groups in total. The Bertz CT molecular complexity index is 3520. The average Bonchev–Trinajstić information content (AvgIpc) is 3.91. The van der Waals surface area contributed by atoms with Crippen LogP contribution in [0.5, 0.6) is 0 Å². The van der Waals surface area contributed by atoms with E-state index >= 15 is 0 Å². The molecule has 0 radical (unpaired) electrons. The lowest BCUT2D eigenvalue weighted by molar-refractivity contribution is -0.0440. The lowest BCUT2D eigenvalue weighted by atomic mass is 9.38. The average molecular weight is 860 g/mol. The molecule has 9 aromatic carbocycles. The van der Waals surface area contributed by atoms with E-state index in [0.29, 0.717) is 11.8 Å². The minimum Gasteiger partial charge on any atom is -0.456 e. The molecule has 67 heavy (non-hydrogen) atoms. The van der Waals surface area contributed by atoms with Crippen molar-refractivity contribution in [3.8, 4) is 33.4 Å². The second kappa shape index (κ2) is 14.0. The van der Waals surface area contributed by atoms with Gasteiger partial charge in [0.1, 0.15) is 11.2 Å². The number of hydrogen-bond acceptors (Lipinski definition) is 2. The first-order valence-corrected chi connectivity index (χ1v) is 24.6. The van der Waals surface area contributed by atoms with Gasteiger partial charge in [-0.15, -0.1) is 0 Å². The van der Waals surface area contributed by atoms with E-state index in [9.17, 15) is 0 Å². The number of rotatable bonds is 5. The summed E-state index contributed by atoms with van der Waals surface area (Å²) in [6, 6.07) is 80.3. The molecule has 6 aliphatic carbocycles. The third-order valence-corrected chi connectivity index (χ3v) is 17.3. The number of para-hydroxylation sites is 1.